The molecule has 0 radical (unpaired) electrons. The van der Waals surface area contributed by atoms with Crippen molar-refractivity contribution in [3.63, 3.8) is 0 Å². The van der Waals surface area contributed by atoms with Crippen molar-refractivity contribution in [2.45, 2.75) is 6.54 Å². The van der Waals surface area contributed by atoms with Crippen LogP contribution in [0, 0.1) is 0 Å². The number of rotatable bonds is 3. The smallest absolute Gasteiger partial charge is 0.205 e. The second-order valence-corrected chi connectivity index (χ2v) is 3.31. The first-order chi connectivity index (χ1) is 6.92. The molecule has 1 aromatic heterocycles. The van der Waals surface area contributed by atoms with E-state index in [0.29, 0.717) is 6.54 Å². The maximum atomic E-state index is 5.53. The highest BCUT2D eigenvalue weighted by molar-refractivity contribution is 5.31. The molecule has 0 aliphatic carbocycles. The van der Waals surface area contributed by atoms with E-state index in [1.807, 2.05) is 12.4 Å². The lowest BCUT2D eigenvalue weighted by Gasteiger charge is -2.28. The summed E-state index contributed by atoms with van der Waals surface area (Å²) in [6.07, 6.45) is 3.79. The summed E-state index contributed by atoms with van der Waals surface area (Å²) in [4.78, 5) is 6.57. The highest BCUT2D eigenvalue weighted by Crippen LogP contribution is 2.12. The van der Waals surface area contributed by atoms with Gasteiger partial charge in [0.25, 0.3) is 0 Å². The average molecular weight is 196 g/mol. The van der Waals surface area contributed by atoms with E-state index in [-0.39, 0.29) is 0 Å². The van der Waals surface area contributed by atoms with E-state index >= 15 is 0 Å². The molecule has 2 heterocycles. The summed E-state index contributed by atoms with van der Waals surface area (Å²) in [6.45, 7) is 4.88. The minimum Gasteiger partial charge on any atom is -0.378 e. The van der Waals surface area contributed by atoms with Gasteiger partial charge in [0.1, 0.15) is 0 Å². The number of nitrogens with zero attached hydrogens (tertiary/aromatic N) is 3. The largest absolute Gasteiger partial charge is 0.378 e. The molecule has 5 heteroatoms. The quantitative estimate of drug-likeness (QED) is 0.719. The summed E-state index contributed by atoms with van der Waals surface area (Å²) >= 11 is 0. The number of anilines is 1. The molecule has 0 saturated carbocycles. The van der Waals surface area contributed by atoms with Crippen molar-refractivity contribution in [2.24, 2.45) is 5.73 Å². The standard InChI is InChI=1S/C9H16N4O/c10-1-3-12-4-2-11-9(12)13-5-7-14-8-6-13/h2,4H,1,3,5-8,10H2. The van der Waals surface area contributed by atoms with E-state index in [2.05, 4.69) is 14.5 Å². The predicted octanol–water partition coefficient (Wildman–Crippen LogP) is -0.322. The first-order valence-corrected chi connectivity index (χ1v) is 4.95. The molecule has 1 aromatic rings. The third-order valence-electron chi connectivity index (χ3n) is 2.36. The Balaban J connectivity index is 2.09. The van der Waals surface area contributed by atoms with Gasteiger partial charge in [-0.3, -0.25) is 0 Å². The predicted molar refractivity (Wildman–Crippen MR) is 54.3 cm³/mol. The third-order valence-corrected chi connectivity index (χ3v) is 2.36. The van der Waals surface area contributed by atoms with Crippen LogP contribution >= 0.6 is 0 Å². The maximum Gasteiger partial charge on any atom is 0.205 e. The van der Waals surface area contributed by atoms with Gasteiger partial charge in [0.15, 0.2) is 0 Å². The maximum absolute atomic E-state index is 5.53. The van der Waals surface area contributed by atoms with E-state index < -0.39 is 0 Å². The first kappa shape index (κ1) is 9.48. The second-order valence-electron chi connectivity index (χ2n) is 3.31. The van der Waals surface area contributed by atoms with Gasteiger partial charge < -0.3 is 19.9 Å². The molecule has 0 spiro atoms. The zero-order valence-corrected chi connectivity index (χ0v) is 8.22. The molecule has 0 aromatic carbocycles. The summed E-state index contributed by atoms with van der Waals surface area (Å²) in [7, 11) is 0. The molecule has 1 saturated heterocycles. The van der Waals surface area contributed by atoms with Crippen molar-refractivity contribution in [1.82, 2.24) is 9.55 Å². The van der Waals surface area contributed by atoms with E-state index in [9.17, 15) is 0 Å². The van der Waals surface area contributed by atoms with Crippen LogP contribution in [0.5, 0.6) is 0 Å². The van der Waals surface area contributed by atoms with E-state index in [1.54, 1.807) is 0 Å². The monoisotopic (exact) mass is 196 g/mol. The van der Waals surface area contributed by atoms with Crippen molar-refractivity contribution in [3.8, 4) is 0 Å². The first-order valence-electron chi connectivity index (χ1n) is 4.95. The number of ether oxygens (including phenoxy) is 1. The van der Waals surface area contributed by atoms with Gasteiger partial charge in [-0.15, -0.1) is 0 Å². The lowest BCUT2D eigenvalue weighted by Crippen LogP contribution is -2.38. The molecule has 0 amide bonds. The molecule has 0 atom stereocenters. The number of hydrogen-bond acceptors (Lipinski definition) is 4. The zero-order chi connectivity index (χ0) is 9.80. The molecule has 1 fully saturated rings. The van der Waals surface area contributed by atoms with Crippen LogP contribution in [-0.4, -0.2) is 42.4 Å². The topological polar surface area (TPSA) is 56.3 Å². The van der Waals surface area contributed by atoms with Gasteiger partial charge in [-0.2, -0.15) is 0 Å². The van der Waals surface area contributed by atoms with Gasteiger partial charge in [0, 0.05) is 38.6 Å². The van der Waals surface area contributed by atoms with Crippen LogP contribution in [0.3, 0.4) is 0 Å². The fourth-order valence-electron chi connectivity index (χ4n) is 1.66. The Kier molecular flexibility index (Phi) is 3.00. The number of nitrogens with two attached hydrogens (primary N) is 1. The summed E-state index contributed by atoms with van der Waals surface area (Å²) in [6, 6.07) is 0. The molecule has 1 aliphatic heterocycles. The lowest BCUT2D eigenvalue weighted by molar-refractivity contribution is 0.121. The third kappa shape index (κ3) is 1.88. The molecule has 14 heavy (non-hydrogen) atoms. The highest BCUT2D eigenvalue weighted by Gasteiger charge is 2.15. The van der Waals surface area contributed by atoms with E-state index in [0.717, 1.165) is 38.8 Å². The van der Waals surface area contributed by atoms with Crippen molar-refractivity contribution >= 4 is 5.95 Å². The summed E-state index contributed by atoms with van der Waals surface area (Å²) < 4.78 is 7.38. The Morgan fingerprint density at radius 3 is 2.93 bits per heavy atom. The van der Waals surface area contributed by atoms with Crippen LogP contribution in [-0.2, 0) is 11.3 Å². The summed E-state index contributed by atoms with van der Waals surface area (Å²) in [5.41, 5.74) is 5.53. The van der Waals surface area contributed by atoms with Crippen LogP contribution in [0.1, 0.15) is 0 Å². The van der Waals surface area contributed by atoms with Gasteiger partial charge in [0.05, 0.1) is 13.2 Å². The molecule has 0 unspecified atom stereocenters. The van der Waals surface area contributed by atoms with Gasteiger partial charge in [-0.05, 0) is 0 Å². The van der Waals surface area contributed by atoms with Gasteiger partial charge in [-0.1, -0.05) is 0 Å². The Morgan fingerprint density at radius 1 is 1.43 bits per heavy atom. The fourth-order valence-corrected chi connectivity index (χ4v) is 1.66. The minimum atomic E-state index is 0.647. The van der Waals surface area contributed by atoms with E-state index in [4.69, 9.17) is 10.5 Å². The van der Waals surface area contributed by atoms with Crippen LogP contribution in [0.4, 0.5) is 5.95 Å². The Morgan fingerprint density at radius 2 is 2.21 bits per heavy atom. The Labute approximate surface area is 83.5 Å². The molecule has 1 aliphatic rings. The lowest BCUT2D eigenvalue weighted by atomic mass is 10.4. The van der Waals surface area contributed by atoms with Crippen LogP contribution < -0.4 is 10.6 Å². The Hall–Kier alpha value is -1.07. The number of imidazole rings is 1. The molecule has 2 N–H and O–H groups in total. The van der Waals surface area contributed by atoms with Gasteiger partial charge in [0.2, 0.25) is 5.95 Å². The van der Waals surface area contributed by atoms with Crippen molar-refractivity contribution in [2.75, 3.05) is 37.7 Å². The van der Waals surface area contributed by atoms with Gasteiger partial charge >= 0.3 is 0 Å². The molecular weight excluding hydrogens is 180 g/mol. The van der Waals surface area contributed by atoms with Crippen LogP contribution in [0.25, 0.3) is 0 Å². The zero-order valence-electron chi connectivity index (χ0n) is 8.22. The van der Waals surface area contributed by atoms with E-state index in [1.165, 1.54) is 0 Å². The summed E-state index contributed by atoms with van der Waals surface area (Å²) in [5.74, 6) is 1.01. The van der Waals surface area contributed by atoms with Crippen molar-refractivity contribution in [3.05, 3.63) is 12.4 Å². The number of aromatic nitrogens is 2. The molecule has 5 nitrogen and oxygen atoms in total. The number of morpholine rings is 1. The van der Waals surface area contributed by atoms with Crippen molar-refractivity contribution in [1.29, 1.82) is 0 Å². The SMILES string of the molecule is NCCn1ccnc1N1CCOCC1. The molecule has 0 bridgehead atoms. The Bertz CT molecular complexity index is 280. The second kappa shape index (κ2) is 4.43. The fraction of sp³-hybridized carbons (Fsp3) is 0.667. The number of hydrogen-bond donors (Lipinski definition) is 1. The highest BCUT2D eigenvalue weighted by atomic mass is 16.5. The van der Waals surface area contributed by atoms with Crippen LogP contribution in [0.2, 0.25) is 0 Å². The molecular formula is C9H16N4O. The summed E-state index contributed by atoms with van der Waals surface area (Å²) in [5, 5.41) is 0. The molecule has 2 rings (SSSR count). The molecule has 78 valence electrons. The van der Waals surface area contributed by atoms with Crippen LogP contribution in [0.15, 0.2) is 12.4 Å². The normalized spacial score (nSPS) is 17.4. The average Bonchev–Trinajstić information content (AvgIpc) is 2.68. The minimum absolute atomic E-state index is 0.647. The van der Waals surface area contributed by atoms with Crippen molar-refractivity contribution < 1.29 is 4.74 Å². The van der Waals surface area contributed by atoms with Gasteiger partial charge in [-0.25, -0.2) is 4.98 Å².